The van der Waals surface area contributed by atoms with Gasteiger partial charge in [0.15, 0.2) is 5.65 Å². The Balaban J connectivity index is 1.44. The van der Waals surface area contributed by atoms with Crippen LogP contribution in [-0.4, -0.2) is 42.7 Å². The van der Waals surface area contributed by atoms with Crippen molar-refractivity contribution in [3.8, 4) is 0 Å². The number of carbonyl (C=O) groups excluding carboxylic acids is 1. The molecular weight excluding hydrogens is 426 g/mol. The second kappa shape index (κ2) is 7.47. The molecule has 1 fully saturated rings. The SMILES string of the molecule is CCOC(=O)Cn1c(Cl)c(CN2[C@@H]3CC[C@@H]2c2cnc4cc(C)nn4c2C3)sc1=O. The Morgan fingerprint density at radius 1 is 1.40 bits per heavy atom. The first-order valence-electron chi connectivity index (χ1n) is 10.1. The summed E-state index contributed by atoms with van der Waals surface area (Å²) in [5.41, 5.74) is 4.28. The first-order chi connectivity index (χ1) is 14.5. The fraction of sp³-hybridized carbons (Fsp3) is 0.500. The molecule has 0 aromatic carbocycles. The quantitative estimate of drug-likeness (QED) is 0.559. The minimum atomic E-state index is -0.456. The van der Waals surface area contributed by atoms with Gasteiger partial charge >= 0.3 is 10.8 Å². The highest BCUT2D eigenvalue weighted by atomic mass is 35.5. The fourth-order valence-electron chi connectivity index (χ4n) is 4.71. The van der Waals surface area contributed by atoms with Crippen LogP contribution in [0.1, 0.15) is 47.6 Å². The van der Waals surface area contributed by atoms with Gasteiger partial charge in [0.05, 0.1) is 22.9 Å². The van der Waals surface area contributed by atoms with E-state index >= 15 is 0 Å². The van der Waals surface area contributed by atoms with Gasteiger partial charge in [-0.2, -0.15) is 5.10 Å². The van der Waals surface area contributed by atoms with E-state index in [-0.39, 0.29) is 24.1 Å². The number of esters is 1. The molecule has 3 aromatic heterocycles. The van der Waals surface area contributed by atoms with Crippen molar-refractivity contribution in [1.82, 2.24) is 24.1 Å². The molecule has 5 heterocycles. The van der Waals surface area contributed by atoms with Crippen LogP contribution >= 0.6 is 22.9 Å². The topological polar surface area (TPSA) is 81.7 Å². The molecule has 3 aromatic rings. The number of halogens is 1. The van der Waals surface area contributed by atoms with Gasteiger partial charge in [0, 0.05) is 42.9 Å². The maximum absolute atomic E-state index is 12.4. The summed E-state index contributed by atoms with van der Waals surface area (Å²) in [5.74, 6) is -0.456. The summed E-state index contributed by atoms with van der Waals surface area (Å²) >= 11 is 7.61. The Morgan fingerprint density at radius 2 is 2.23 bits per heavy atom. The molecule has 30 heavy (non-hydrogen) atoms. The molecule has 2 atom stereocenters. The third-order valence-electron chi connectivity index (χ3n) is 5.98. The summed E-state index contributed by atoms with van der Waals surface area (Å²) in [6.45, 7) is 4.42. The molecule has 2 aliphatic heterocycles. The lowest BCUT2D eigenvalue weighted by atomic mass is 9.99. The van der Waals surface area contributed by atoms with Crippen molar-refractivity contribution in [2.45, 2.75) is 58.3 Å². The standard InChI is InChI=1S/C20H22ClN5O3S/c1-3-29-18(27)10-25-19(21)16(30-20(25)28)9-24-12-4-5-14(24)13-8-22-17-6-11(2)23-26(17)15(13)7-12/h6,8,12,14H,3-5,7,9-10H2,1-2H3/t12-,14-/m1/s1. The lowest BCUT2D eigenvalue weighted by Gasteiger charge is -2.35. The lowest BCUT2D eigenvalue weighted by Crippen LogP contribution is -2.38. The highest BCUT2D eigenvalue weighted by Gasteiger charge is 2.41. The fourth-order valence-corrected chi connectivity index (χ4v) is 5.96. The van der Waals surface area contributed by atoms with Crippen LogP contribution < -0.4 is 4.87 Å². The molecule has 0 aliphatic carbocycles. The molecule has 10 heteroatoms. The van der Waals surface area contributed by atoms with Gasteiger partial charge in [-0.05, 0) is 26.7 Å². The number of thiazole rings is 1. The van der Waals surface area contributed by atoms with Gasteiger partial charge in [0.1, 0.15) is 11.7 Å². The molecule has 8 nitrogen and oxygen atoms in total. The van der Waals surface area contributed by atoms with E-state index < -0.39 is 5.97 Å². The Labute approximate surface area is 182 Å². The molecule has 158 valence electrons. The molecular formula is C20H22ClN5O3S. The van der Waals surface area contributed by atoms with Crippen LogP contribution in [0.25, 0.3) is 5.65 Å². The number of ether oxygens (including phenoxy) is 1. The maximum Gasteiger partial charge on any atom is 0.326 e. The minimum absolute atomic E-state index is 0.155. The van der Waals surface area contributed by atoms with E-state index in [0.29, 0.717) is 17.7 Å². The maximum atomic E-state index is 12.4. The summed E-state index contributed by atoms with van der Waals surface area (Å²) in [5, 5.41) is 4.96. The van der Waals surface area contributed by atoms with Gasteiger partial charge in [0.25, 0.3) is 0 Å². The second-order valence-electron chi connectivity index (χ2n) is 7.81. The average molecular weight is 448 g/mol. The summed E-state index contributed by atoms with van der Waals surface area (Å²) in [7, 11) is 0. The van der Waals surface area contributed by atoms with Crippen LogP contribution in [0.5, 0.6) is 0 Å². The smallest absolute Gasteiger partial charge is 0.326 e. The van der Waals surface area contributed by atoms with Gasteiger partial charge in [-0.1, -0.05) is 22.9 Å². The Bertz CT molecular complexity index is 1200. The predicted molar refractivity (Wildman–Crippen MR) is 113 cm³/mol. The third kappa shape index (κ3) is 3.16. The largest absolute Gasteiger partial charge is 0.465 e. The van der Waals surface area contributed by atoms with E-state index in [9.17, 15) is 9.59 Å². The van der Waals surface area contributed by atoms with Gasteiger partial charge in [-0.3, -0.25) is 19.1 Å². The van der Waals surface area contributed by atoms with E-state index in [1.165, 1.54) is 15.8 Å². The minimum Gasteiger partial charge on any atom is -0.465 e. The van der Waals surface area contributed by atoms with Crippen LogP contribution in [0, 0.1) is 6.92 Å². The Hall–Kier alpha value is -2.23. The van der Waals surface area contributed by atoms with E-state index in [2.05, 4.69) is 15.0 Å². The summed E-state index contributed by atoms with van der Waals surface area (Å²) < 4.78 is 8.24. The van der Waals surface area contributed by atoms with E-state index in [1.807, 2.05) is 23.7 Å². The molecule has 0 spiro atoms. The van der Waals surface area contributed by atoms with Crippen LogP contribution in [0.2, 0.25) is 5.15 Å². The average Bonchev–Trinajstić information content (AvgIpc) is 3.30. The number of carbonyl (C=O) groups is 1. The van der Waals surface area contributed by atoms with Gasteiger partial charge in [-0.15, -0.1) is 0 Å². The molecule has 0 N–H and O–H groups in total. The highest BCUT2D eigenvalue weighted by molar-refractivity contribution is 7.09. The summed E-state index contributed by atoms with van der Waals surface area (Å²) in [4.78, 5) is 31.8. The van der Waals surface area contributed by atoms with Crippen LogP contribution in [0.3, 0.4) is 0 Å². The number of aromatic nitrogens is 4. The molecule has 0 saturated carbocycles. The zero-order valence-electron chi connectivity index (χ0n) is 16.8. The van der Waals surface area contributed by atoms with Crippen molar-refractivity contribution in [3.05, 3.63) is 48.9 Å². The van der Waals surface area contributed by atoms with Crippen LogP contribution in [0.4, 0.5) is 0 Å². The molecule has 0 radical (unpaired) electrons. The van der Waals surface area contributed by atoms with Crippen molar-refractivity contribution in [1.29, 1.82) is 0 Å². The summed E-state index contributed by atoms with van der Waals surface area (Å²) in [6.07, 6.45) is 4.99. The number of hydrogen-bond donors (Lipinski definition) is 0. The van der Waals surface area contributed by atoms with Gasteiger partial charge in [0.2, 0.25) is 0 Å². The van der Waals surface area contributed by atoms with Crippen molar-refractivity contribution >= 4 is 34.6 Å². The first-order valence-corrected chi connectivity index (χ1v) is 11.3. The highest BCUT2D eigenvalue weighted by Crippen LogP contribution is 2.44. The van der Waals surface area contributed by atoms with Gasteiger partial charge < -0.3 is 4.74 Å². The zero-order chi connectivity index (χ0) is 21.0. The molecule has 2 aliphatic rings. The molecule has 2 bridgehead atoms. The second-order valence-corrected chi connectivity index (χ2v) is 9.22. The number of rotatable bonds is 5. The van der Waals surface area contributed by atoms with Crippen molar-refractivity contribution in [3.63, 3.8) is 0 Å². The monoisotopic (exact) mass is 447 g/mol. The number of aryl methyl sites for hydroxylation is 1. The Morgan fingerprint density at radius 3 is 3.03 bits per heavy atom. The Kier molecular flexibility index (Phi) is 4.91. The third-order valence-corrected chi connectivity index (χ3v) is 7.49. The van der Waals surface area contributed by atoms with Crippen molar-refractivity contribution in [2.75, 3.05) is 6.61 Å². The number of nitrogens with zero attached hydrogens (tertiary/aromatic N) is 5. The van der Waals surface area contributed by atoms with Crippen LogP contribution in [-0.2, 0) is 29.0 Å². The van der Waals surface area contributed by atoms with E-state index in [4.69, 9.17) is 16.3 Å². The molecule has 5 rings (SSSR count). The first kappa shape index (κ1) is 19.7. The zero-order valence-corrected chi connectivity index (χ0v) is 18.4. The van der Waals surface area contributed by atoms with Crippen molar-refractivity contribution in [2.24, 2.45) is 0 Å². The summed E-state index contributed by atoms with van der Waals surface area (Å²) in [6, 6.07) is 2.59. The normalized spacial score (nSPS) is 20.6. The van der Waals surface area contributed by atoms with E-state index in [1.54, 1.807) is 6.92 Å². The van der Waals surface area contributed by atoms with E-state index in [0.717, 1.165) is 46.8 Å². The van der Waals surface area contributed by atoms with Crippen molar-refractivity contribution < 1.29 is 9.53 Å². The van der Waals surface area contributed by atoms with Gasteiger partial charge in [-0.25, -0.2) is 9.50 Å². The lowest BCUT2D eigenvalue weighted by molar-refractivity contribution is -0.143. The predicted octanol–water partition coefficient (Wildman–Crippen LogP) is 2.74. The molecule has 1 saturated heterocycles. The number of hydrogen-bond acceptors (Lipinski definition) is 7. The number of fused-ring (bicyclic) bond motifs is 6. The molecule has 0 amide bonds. The van der Waals surface area contributed by atoms with Crippen LogP contribution in [0.15, 0.2) is 17.1 Å². The molecule has 0 unspecified atom stereocenters.